The van der Waals surface area contributed by atoms with Crippen LogP contribution in [0.25, 0.3) is 0 Å². The van der Waals surface area contributed by atoms with E-state index in [4.69, 9.17) is 0 Å². The van der Waals surface area contributed by atoms with Gasteiger partial charge in [-0.3, -0.25) is 4.79 Å². The zero-order valence-electron chi connectivity index (χ0n) is 13.5. The molecule has 0 aromatic rings. The number of amides is 1. The van der Waals surface area contributed by atoms with Crippen LogP contribution in [0.5, 0.6) is 0 Å². The SMILES string of the molecule is C[C@H]1CCCC[NH+]1CC(=O)NC12CC3CC(CC(C3)C1)C2. The van der Waals surface area contributed by atoms with E-state index in [0.29, 0.717) is 18.5 Å². The lowest BCUT2D eigenvalue weighted by molar-refractivity contribution is -0.921. The maximum Gasteiger partial charge on any atom is 0.275 e. The Hall–Kier alpha value is -0.570. The Bertz CT molecular complexity index is 384. The molecular formula is C18H31N2O+. The maximum atomic E-state index is 12.6. The van der Waals surface area contributed by atoms with Gasteiger partial charge in [-0.2, -0.15) is 0 Å². The molecular weight excluding hydrogens is 260 g/mol. The first-order chi connectivity index (χ1) is 10.1. The zero-order chi connectivity index (χ0) is 14.4. The Morgan fingerprint density at radius 1 is 1.10 bits per heavy atom. The molecule has 2 N–H and O–H groups in total. The summed E-state index contributed by atoms with van der Waals surface area (Å²) < 4.78 is 0. The van der Waals surface area contributed by atoms with E-state index >= 15 is 0 Å². The van der Waals surface area contributed by atoms with Crippen LogP contribution in [-0.2, 0) is 4.79 Å². The Kier molecular flexibility index (Phi) is 3.52. The molecule has 0 radical (unpaired) electrons. The first-order valence-electron chi connectivity index (χ1n) is 9.27. The largest absolute Gasteiger partial charge is 0.346 e. The van der Waals surface area contributed by atoms with Gasteiger partial charge in [0.05, 0.1) is 12.6 Å². The number of nitrogens with one attached hydrogen (secondary N) is 2. The molecule has 4 saturated carbocycles. The highest BCUT2D eigenvalue weighted by atomic mass is 16.2. The summed E-state index contributed by atoms with van der Waals surface area (Å²) in [5.74, 6) is 3.08. The molecule has 2 atom stereocenters. The van der Waals surface area contributed by atoms with Crippen molar-refractivity contribution < 1.29 is 9.69 Å². The molecule has 1 saturated heterocycles. The van der Waals surface area contributed by atoms with Gasteiger partial charge in [-0.15, -0.1) is 0 Å². The molecule has 1 aliphatic heterocycles. The first kappa shape index (κ1) is 14.0. The highest BCUT2D eigenvalue weighted by Gasteiger charge is 2.51. The maximum absolute atomic E-state index is 12.6. The summed E-state index contributed by atoms with van der Waals surface area (Å²) in [5, 5.41) is 3.53. The van der Waals surface area contributed by atoms with Crippen LogP contribution in [0, 0.1) is 17.8 Å². The normalized spacial score (nSPS) is 48.3. The molecule has 5 rings (SSSR count). The van der Waals surface area contributed by atoms with Crippen molar-refractivity contribution in [2.75, 3.05) is 13.1 Å². The molecule has 4 bridgehead atoms. The highest BCUT2D eigenvalue weighted by Crippen LogP contribution is 2.55. The van der Waals surface area contributed by atoms with Gasteiger partial charge in [-0.1, -0.05) is 0 Å². The second kappa shape index (κ2) is 5.26. The predicted octanol–water partition coefficient (Wildman–Crippen LogP) is 1.53. The van der Waals surface area contributed by atoms with Gasteiger partial charge in [0.25, 0.3) is 5.91 Å². The molecule has 4 aliphatic carbocycles. The third-order valence-corrected chi connectivity index (χ3v) is 6.91. The molecule has 1 unspecified atom stereocenters. The van der Waals surface area contributed by atoms with Gasteiger partial charge in [0, 0.05) is 5.54 Å². The van der Waals surface area contributed by atoms with E-state index in [2.05, 4.69) is 12.2 Å². The second-order valence-electron chi connectivity index (χ2n) is 8.73. The van der Waals surface area contributed by atoms with E-state index in [1.165, 1.54) is 69.2 Å². The van der Waals surface area contributed by atoms with E-state index in [-0.39, 0.29) is 5.54 Å². The van der Waals surface area contributed by atoms with Crippen molar-refractivity contribution in [2.24, 2.45) is 17.8 Å². The van der Waals surface area contributed by atoms with Crippen LogP contribution in [0.1, 0.15) is 64.7 Å². The summed E-state index contributed by atoms with van der Waals surface area (Å²) in [6.45, 7) is 4.21. The number of hydrogen-bond acceptors (Lipinski definition) is 1. The van der Waals surface area contributed by atoms with Crippen LogP contribution in [0.3, 0.4) is 0 Å². The second-order valence-corrected chi connectivity index (χ2v) is 8.73. The molecule has 0 spiro atoms. The fraction of sp³-hybridized carbons (Fsp3) is 0.944. The molecule has 5 aliphatic rings. The molecule has 0 aromatic heterocycles. The molecule has 3 nitrogen and oxygen atoms in total. The minimum Gasteiger partial charge on any atom is -0.346 e. The van der Waals surface area contributed by atoms with Crippen molar-refractivity contribution in [2.45, 2.75) is 76.3 Å². The van der Waals surface area contributed by atoms with E-state index in [1.54, 1.807) is 0 Å². The molecule has 3 heteroatoms. The summed E-state index contributed by atoms with van der Waals surface area (Å²) >= 11 is 0. The molecule has 21 heavy (non-hydrogen) atoms. The highest BCUT2D eigenvalue weighted by molar-refractivity contribution is 5.77. The van der Waals surface area contributed by atoms with E-state index in [0.717, 1.165) is 17.8 Å². The quantitative estimate of drug-likeness (QED) is 0.812. The molecule has 5 fully saturated rings. The van der Waals surface area contributed by atoms with Gasteiger partial charge < -0.3 is 10.2 Å². The van der Waals surface area contributed by atoms with Crippen molar-refractivity contribution in [3.63, 3.8) is 0 Å². The smallest absolute Gasteiger partial charge is 0.275 e. The number of piperidine rings is 1. The third kappa shape index (κ3) is 2.74. The minimum atomic E-state index is 0.199. The van der Waals surface area contributed by atoms with Crippen LogP contribution >= 0.6 is 0 Å². The number of carbonyl (C=O) groups is 1. The number of rotatable bonds is 3. The summed E-state index contributed by atoms with van der Waals surface area (Å²) in [5.41, 5.74) is 0.199. The number of quaternary nitrogens is 1. The van der Waals surface area contributed by atoms with Crippen molar-refractivity contribution >= 4 is 5.91 Å². The minimum absolute atomic E-state index is 0.199. The summed E-state index contributed by atoms with van der Waals surface area (Å²) in [4.78, 5) is 14.1. The lowest BCUT2D eigenvalue weighted by Crippen LogP contribution is -3.17. The number of hydrogen-bond donors (Lipinski definition) is 2. The number of likely N-dealkylation sites (tertiary alicyclic amines) is 1. The van der Waals surface area contributed by atoms with Gasteiger partial charge in [-0.05, 0) is 82.5 Å². The zero-order valence-corrected chi connectivity index (χ0v) is 13.5. The monoisotopic (exact) mass is 291 g/mol. The lowest BCUT2D eigenvalue weighted by atomic mass is 9.53. The van der Waals surface area contributed by atoms with Crippen molar-refractivity contribution in [1.82, 2.24) is 5.32 Å². The lowest BCUT2D eigenvalue weighted by Gasteiger charge is -2.56. The average molecular weight is 291 g/mol. The summed E-state index contributed by atoms with van der Waals surface area (Å²) in [7, 11) is 0. The van der Waals surface area contributed by atoms with Crippen molar-refractivity contribution in [1.29, 1.82) is 0 Å². The average Bonchev–Trinajstić information content (AvgIpc) is 2.39. The molecule has 118 valence electrons. The Morgan fingerprint density at radius 2 is 1.71 bits per heavy atom. The van der Waals surface area contributed by atoms with Crippen molar-refractivity contribution in [3.8, 4) is 0 Å². The predicted molar refractivity (Wildman–Crippen MR) is 83.1 cm³/mol. The standard InChI is InChI=1S/C18H30N2O/c1-13-4-2-3-5-20(13)12-17(21)19-18-9-14-6-15(10-18)8-16(7-14)11-18/h13-16H,2-12H2,1H3,(H,19,21)/p+1/t13-,14?,15?,16?,18?/m0/s1. The third-order valence-electron chi connectivity index (χ3n) is 6.91. The molecule has 1 amide bonds. The van der Waals surface area contributed by atoms with E-state index < -0.39 is 0 Å². The van der Waals surface area contributed by atoms with Gasteiger partial charge in [-0.25, -0.2) is 0 Å². The fourth-order valence-corrected chi connectivity index (χ4v) is 6.33. The van der Waals surface area contributed by atoms with Gasteiger partial charge >= 0.3 is 0 Å². The van der Waals surface area contributed by atoms with Gasteiger partial charge in [0.2, 0.25) is 0 Å². The Morgan fingerprint density at radius 3 is 2.29 bits per heavy atom. The van der Waals surface area contributed by atoms with E-state index in [1.807, 2.05) is 0 Å². The van der Waals surface area contributed by atoms with Crippen LogP contribution in [0.2, 0.25) is 0 Å². The fourth-order valence-electron chi connectivity index (χ4n) is 6.33. The summed E-state index contributed by atoms with van der Waals surface area (Å²) in [6.07, 6.45) is 12.1. The van der Waals surface area contributed by atoms with E-state index in [9.17, 15) is 4.79 Å². The summed E-state index contributed by atoms with van der Waals surface area (Å²) in [6, 6.07) is 0.667. The van der Waals surface area contributed by atoms with Crippen molar-refractivity contribution in [3.05, 3.63) is 0 Å². The van der Waals surface area contributed by atoms with Crippen LogP contribution in [0.15, 0.2) is 0 Å². The van der Waals surface area contributed by atoms with Crippen LogP contribution < -0.4 is 10.2 Å². The molecule has 1 heterocycles. The van der Waals surface area contributed by atoms with Gasteiger partial charge in [0.1, 0.15) is 0 Å². The van der Waals surface area contributed by atoms with Gasteiger partial charge in [0.15, 0.2) is 6.54 Å². The Balaban J connectivity index is 1.38. The Labute approximate surface area is 128 Å². The van der Waals surface area contributed by atoms with Crippen LogP contribution in [-0.4, -0.2) is 30.6 Å². The first-order valence-corrected chi connectivity index (χ1v) is 9.27. The molecule has 0 aromatic carbocycles. The topological polar surface area (TPSA) is 33.5 Å². The number of carbonyl (C=O) groups excluding carboxylic acids is 1. The van der Waals surface area contributed by atoms with Crippen LogP contribution in [0.4, 0.5) is 0 Å².